The van der Waals surface area contributed by atoms with E-state index in [4.69, 9.17) is 4.74 Å². The molecule has 0 bridgehead atoms. The molecule has 1 N–H and O–H groups in total. The molecule has 5 nitrogen and oxygen atoms in total. The highest BCUT2D eigenvalue weighted by molar-refractivity contribution is 7.17. The van der Waals surface area contributed by atoms with Gasteiger partial charge in [-0.1, -0.05) is 25.1 Å². The topological polar surface area (TPSA) is 58.6 Å². The summed E-state index contributed by atoms with van der Waals surface area (Å²) in [6.07, 6.45) is 2.76. The standard InChI is InChI=1S/C22H27FN2O3S/c1-4-28-22(27)20-16-10-9-14(2)11-18(16)29-21(20)24-19(26)13-25(3)12-15-7-5-6-8-17(15)23/h5-8,14H,4,9-13H2,1-3H3,(H,24,26)/t14-/m0/s1. The van der Waals surface area contributed by atoms with Gasteiger partial charge in [-0.25, -0.2) is 9.18 Å². The molecule has 2 aromatic rings. The van der Waals surface area contributed by atoms with Crippen LogP contribution in [0.2, 0.25) is 0 Å². The summed E-state index contributed by atoms with van der Waals surface area (Å²) in [4.78, 5) is 28.1. The third-order valence-electron chi connectivity index (χ3n) is 5.06. The van der Waals surface area contributed by atoms with Crippen molar-refractivity contribution in [3.8, 4) is 0 Å². The molecule has 7 heteroatoms. The minimum Gasteiger partial charge on any atom is -0.462 e. The van der Waals surface area contributed by atoms with Gasteiger partial charge in [0.25, 0.3) is 0 Å². The first-order chi connectivity index (χ1) is 13.9. The minimum atomic E-state index is -0.380. The van der Waals surface area contributed by atoms with Crippen molar-refractivity contribution < 1.29 is 18.7 Å². The number of nitrogens with one attached hydrogen (secondary N) is 1. The van der Waals surface area contributed by atoms with E-state index in [0.29, 0.717) is 35.2 Å². The predicted octanol–water partition coefficient (Wildman–Crippen LogP) is 4.26. The van der Waals surface area contributed by atoms with Crippen molar-refractivity contribution in [2.75, 3.05) is 25.5 Å². The number of fused-ring (bicyclic) bond motifs is 1. The number of nitrogens with zero attached hydrogens (tertiary/aromatic N) is 1. The number of amides is 1. The van der Waals surface area contributed by atoms with Gasteiger partial charge in [-0.2, -0.15) is 0 Å². The number of anilines is 1. The quantitative estimate of drug-likeness (QED) is 0.683. The van der Waals surface area contributed by atoms with Gasteiger partial charge in [0, 0.05) is 17.0 Å². The summed E-state index contributed by atoms with van der Waals surface area (Å²) >= 11 is 1.47. The van der Waals surface area contributed by atoms with E-state index in [-0.39, 0.29) is 24.2 Å². The van der Waals surface area contributed by atoms with E-state index in [1.165, 1.54) is 17.4 Å². The van der Waals surface area contributed by atoms with Crippen molar-refractivity contribution in [1.29, 1.82) is 0 Å². The lowest BCUT2D eigenvalue weighted by Gasteiger charge is -2.18. The van der Waals surface area contributed by atoms with E-state index in [1.807, 2.05) is 0 Å². The second-order valence-corrected chi connectivity index (χ2v) is 8.69. The first-order valence-corrected chi connectivity index (χ1v) is 10.7. The van der Waals surface area contributed by atoms with Crippen LogP contribution in [0.1, 0.15) is 46.6 Å². The van der Waals surface area contributed by atoms with Crippen LogP contribution in [0, 0.1) is 11.7 Å². The van der Waals surface area contributed by atoms with Gasteiger partial charge < -0.3 is 10.1 Å². The van der Waals surface area contributed by atoms with E-state index < -0.39 is 0 Å². The summed E-state index contributed by atoms with van der Waals surface area (Å²) in [5.41, 5.74) is 2.06. The maximum atomic E-state index is 13.8. The van der Waals surface area contributed by atoms with Gasteiger partial charge >= 0.3 is 5.97 Å². The Labute approximate surface area is 174 Å². The molecule has 0 aliphatic heterocycles. The van der Waals surface area contributed by atoms with Gasteiger partial charge in [0.05, 0.1) is 18.7 Å². The number of hydrogen-bond acceptors (Lipinski definition) is 5. The Balaban J connectivity index is 1.72. The summed E-state index contributed by atoms with van der Waals surface area (Å²) in [6, 6.07) is 6.53. The van der Waals surface area contributed by atoms with Crippen molar-refractivity contribution >= 4 is 28.2 Å². The van der Waals surface area contributed by atoms with Crippen LogP contribution in [-0.2, 0) is 28.9 Å². The number of rotatable bonds is 7. The van der Waals surface area contributed by atoms with Crippen LogP contribution in [0.4, 0.5) is 9.39 Å². The molecule has 0 fully saturated rings. The van der Waals surface area contributed by atoms with Gasteiger partial charge in [-0.3, -0.25) is 9.69 Å². The fourth-order valence-corrected chi connectivity index (χ4v) is 5.06. The van der Waals surface area contributed by atoms with Crippen molar-refractivity contribution in [3.05, 3.63) is 51.7 Å². The third kappa shape index (κ3) is 5.22. The van der Waals surface area contributed by atoms with Gasteiger partial charge in [0.2, 0.25) is 5.91 Å². The molecule has 29 heavy (non-hydrogen) atoms. The molecule has 0 saturated carbocycles. The number of likely N-dealkylation sites (N-methyl/N-ethyl adjacent to an activating group) is 1. The number of halogens is 1. The molecule has 0 unspecified atom stereocenters. The Bertz CT molecular complexity index is 896. The summed E-state index contributed by atoms with van der Waals surface area (Å²) in [5.74, 6) is -0.341. The van der Waals surface area contributed by atoms with E-state index >= 15 is 0 Å². The molecule has 1 aliphatic rings. The number of hydrogen-bond donors (Lipinski definition) is 1. The molecule has 1 heterocycles. The SMILES string of the molecule is CCOC(=O)c1c(NC(=O)CN(C)Cc2ccccc2F)sc2c1CC[C@H](C)C2. The monoisotopic (exact) mass is 418 g/mol. The number of carbonyl (C=O) groups is 2. The zero-order valence-corrected chi connectivity index (χ0v) is 17.9. The van der Waals surface area contributed by atoms with Crippen LogP contribution in [0.15, 0.2) is 24.3 Å². The lowest BCUT2D eigenvalue weighted by atomic mass is 9.88. The fourth-order valence-electron chi connectivity index (χ4n) is 3.64. The van der Waals surface area contributed by atoms with Crippen LogP contribution >= 0.6 is 11.3 Å². The molecule has 1 aliphatic carbocycles. The van der Waals surface area contributed by atoms with Crippen molar-refractivity contribution in [2.24, 2.45) is 5.92 Å². The lowest BCUT2D eigenvalue weighted by molar-refractivity contribution is -0.117. The fraction of sp³-hybridized carbons (Fsp3) is 0.455. The Hall–Kier alpha value is -2.25. The Morgan fingerprint density at radius 2 is 2.10 bits per heavy atom. The Morgan fingerprint density at radius 3 is 2.83 bits per heavy atom. The zero-order chi connectivity index (χ0) is 21.0. The molecule has 3 rings (SSSR count). The molecular weight excluding hydrogens is 391 g/mol. The van der Waals surface area contributed by atoms with Crippen LogP contribution in [0.3, 0.4) is 0 Å². The summed E-state index contributed by atoms with van der Waals surface area (Å²) in [6.45, 7) is 4.68. The number of carbonyl (C=O) groups excluding carboxylic acids is 2. The predicted molar refractivity (Wildman–Crippen MR) is 113 cm³/mol. The van der Waals surface area contributed by atoms with E-state index in [9.17, 15) is 14.0 Å². The average Bonchev–Trinajstić information content (AvgIpc) is 3.00. The molecule has 1 aromatic carbocycles. The maximum Gasteiger partial charge on any atom is 0.341 e. The Morgan fingerprint density at radius 1 is 1.34 bits per heavy atom. The highest BCUT2D eigenvalue weighted by Crippen LogP contribution is 2.40. The van der Waals surface area contributed by atoms with Crippen LogP contribution in [0.5, 0.6) is 0 Å². The largest absolute Gasteiger partial charge is 0.462 e. The number of esters is 1. The van der Waals surface area contributed by atoms with E-state index in [2.05, 4.69) is 12.2 Å². The number of ether oxygens (including phenoxy) is 1. The molecule has 156 valence electrons. The summed E-state index contributed by atoms with van der Waals surface area (Å²) in [7, 11) is 1.76. The molecule has 1 aromatic heterocycles. The normalized spacial score (nSPS) is 15.8. The average molecular weight is 419 g/mol. The van der Waals surface area contributed by atoms with Gasteiger partial charge in [0.1, 0.15) is 10.8 Å². The molecule has 0 radical (unpaired) electrons. The van der Waals surface area contributed by atoms with Crippen molar-refractivity contribution in [3.63, 3.8) is 0 Å². The van der Waals surface area contributed by atoms with Gasteiger partial charge in [0.15, 0.2) is 0 Å². The number of benzene rings is 1. The van der Waals surface area contributed by atoms with E-state index in [1.54, 1.807) is 37.1 Å². The molecule has 1 atom stereocenters. The Kier molecular flexibility index (Phi) is 7.03. The molecule has 1 amide bonds. The summed E-state index contributed by atoms with van der Waals surface area (Å²) in [5, 5.41) is 3.46. The van der Waals surface area contributed by atoms with Crippen LogP contribution < -0.4 is 5.32 Å². The third-order valence-corrected chi connectivity index (χ3v) is 6.23. The summed E-state index contributed by atoms with van der Waals surface area (Å²) < 4.78 is 19.1. The minimum absolute atomic E-state index is 0.0928. The smallest absolute Gasteiger partial charge is 0.341 e. The van der Waals surface area contributed by atoms with Crippen LogP contribution in [0.25, 0.3) is 0 Å². The molecular formula is C22H27FN2O3S. The molecule has 0 saturated heterocycles. The van der Waals surface area contributed by atoms with Gasteiger partial charge in [-0.05, 0) is 50.8 Å². The number of thiophene rings is 1. The van der Waals surface area contributed by atoms with E-state index in [0.717, 1.165) is 29.7 Å². The van der Waals surface area contributed by atoms with Crippen molar-refractivity contribution in [2.45, 2.75) is 39.7 Å². The second kappa shape index (κ2) is 9.50. The maximum absolute atomic E-state index is 13.8. The van der Waals surface area contributed by atoms with Gasteiger partial charge in [-0.15, -0.1) is 11.3 Å². The lowest BCUT2D eigenvalue weighted by Crippen LogP contribution is -2.30. The highest BCUT2D eigenvalue weighted by atomic mass is 32.1. The zero-order valence-electron chi connectivity index (χ0n) is 17.1. The van der Waals surface area contributed by atoms with Crippen LogP contribution in [-0.4, -0.2) is 37.0 Å². The molecule has 0 spiro atoms. The highest BCUT2D eigenvalue weighted by Gasteiger charge is 2.29. The first-order valence-electron chi connectivity index (χ1n) is 9.92. The first kappa shape index (κ1) is 21.5. The second-order valence-electron chi connectivity index (χ2n) is 7.59. The van der Waals surface area contributed by atoms with Crippen molar-refractivity contribution in [1.82, 2.24) is 4.90 Å².